The van der Waals surface area contributed by atoms with Crippen LogP contribution in [0, 0.1) is 6.92 Å². The standard InChI is InChI=1S/C14H23BrN2O/c1-10-5-6-12(7-13(10)15)14(8-16)17(3)11(2)9-18-4/h5-7,11,14H,8-9,16H2,1-4H3. The van der Waals surface area contributed by atoms with E-state index in [1.165, 1.54) is 11.1 Å². The lowest BCUT2D eigenvalue weighted by Crippen LogP contribution is -2.39. The molecule has 0 saturated carbocycles. The Morgan fingerprint density at radius 1 is 1.44 bits per heavy atom. The first-order valence-corrected chi connectivity index (χ1v) is 6.97. The summed E-state index contributed by atoms with van der Waals surface area (Å²) in [5.74, 6) is 0. The topological polar surface area (TPSA) is 38.5 Å². The van der Waals surface area contributed by atoms with E-state index in [0.717, 1.165) is 4.47 Å². The molecule has 0 aliphatic rings. The summed E-state index contributed by atoms with van der Waals surface area (Å²) >= 11 is 3.58. The van der Waals surface area contributed by atoms with E-state index in [1.807, 2.05) is 0 Å². The van der Waals surface area contributed by atoms with E-state index in [0.29, 0.717) is 19.2 Å². The number of nitrogens with zero attached hydrogens (tertiary/aromatic N) is 1. The maximum atomic E-state index is 5.93. The predicted octanol–water partition coefficient (Wildman–Crippen LogP) is 2.72. The van der Waals surface area contributed by atoms with E-state index in [-0.39, 0.29) is 6.04 Å². The van der Waals surface area contributed by atoms with Crippen LogP contribution in [0.2, 0.25) is 0 Å². The van der Waals surface area contributed by atoms with Crippen molar-refractivity contribution in [3.63, 3.8) is 0 Å². The molecule has 2 unspecified atom stereocenters. The summed E-state index contributed by atoms with van der Waals surface area (Å²) < 4.78 is 6.34. The molecule has 1 rings (SSSR count). The van der Waals surface area contributed by atoms with Gasteiger partial charge < -0.3 is 10.5 Å². The van der Waals surface area contributed by atoms with Gasteiger partial charge in [0, 0.05) is 30.2 Å². The molecule has 0 radical (unpaired) electrons. The molecule has 0 heterocycles. The number of halogens is 1. The predicted molar refractivity (Wildman–Crippen MR) is 79.8 cm³/mol. The molecule has 1 aromatic rings. The molecule has 4 heteroatoms. The molecular formula is C14H23BrN2O. The van der Waals surface area contributed by atoms with Gasteiger partial charge in [0.15, 0.2) is 0 Å². The van der Waals surface area contributed by atoms with Crippen molar-refractivity contribution in [1.29, 1.82) is 0 Å². The zero-order chi connectivity index (χ0) is 13.7. The van der Waals surface area contributed by atoms with Gasteiger partial charge in [-0.05, 0) is 38.1 Å². The largest absolute Gasteiger partial charge is 0.383 e. The molecule has 0 aliphatic carbocycles. The molecule has 0 saturated heterocycles. The van der Waals surface area contributed by atoms with Gasteiger partial charge in [0.25, 0.3) is 0 Å². The van der Waals surface area contributed by atoms with E-state index in [1.54, 1.807) is 7.11 Å². The lowest BCUT2D eigenvalue weighted by atomic mass is 10.0. The van der Waals surface area contributed by atoms with Crippen molar-refractivity contribution in [2.75, 3.05) is 27.3 Å². The first kappa shape index (κ1) is 15.6. The lowest BCUT2D eigenvalue weighted by Gasteiger charge is -2.32. The van der Waals surface area contributed by atoms with Crippen LogP contribution in [0.4, 0.5) is 0 Å². The summed E-state index contributed by atoms with van der Waals surface area (Å²) in [5.41, 5.74) is 8.40. The second-order valence-corrected chi connectivity index (χ2v) is 5.58. The summed E-state index contributed by atoms with van der Waals surface area (Å²) in [6, 6.07) is 6.98. The molecule has 102 valence electrons. The fraction of sp³-hybridized carbons (Fsp3) is 0.571. The third kappa shape index (κ3) is 3.79. The quantitative estimate of drug-likeness (QED) is 0.877. The minimum Gasteiger partial charge on any atom is -0.383 e. The number of ether oxygens (including phenoxy) is 1. The van der Waals surface area contributed by atoms with Crippen LogP contribution in [0.25, 0.3) is 0 Å². The Bertz CT molecular complexity index is 384. The number of likely N-dealkylation sites (N-methyl/N-ethyl adjacent to an activating group) is 1. The monoisotopic (exact) mass is 314 g/mol. The number of aryl methyl sites for hydroxylation is 1. The van der Waals surface area contributed by atoms with Crippen LogP contribution in [0.5, 0.6) is 0 Å². The number of benzene rings is 1. The first-order chi connectivity index (χ1) is 8.51. The second-order valence-electron chi connectivity index (χ2n) is 4.73. The average molecular weight is 315 g/mol. The van der Waals surface area contributed by atoms with Gasteiger partial charge in [0.2, 0.25) is 0 Å². The van der Waals surface area contributed by atoms with E-state index in [9.17, 15) is 0 Å². The summed E-state index contributed by atoms with van der Waals surface area (Å²) in [6.07, 6.45) is 0. The molecule has 3 nitrogen and oxygen atoms in total. The molecule has 2 atom stereocenters. The highest BCUT2D eigenvalue weighted by atomic mass is 79.9. The van der Waals surface area contributed by atoms with Crippen molar-refractivity contribution in [3.05, 3.63) is 33.8 Å². The highest BCUT2D eigenvalue weighted by Gasteiger charge is 2.20. The minimum absolute atomic E-state index is 0.215. The Morgan fingerprint density at radius 3 is 2.61 bits per heavy atom. The highest BCUT2D eigenvalue weighted by Crippen LogP contribution is 2.25. The van der Waals surface area contributed by atoms with Crippen molar-refractivity contribution < 1.29 is 4.74 Å². The van der Waals surface area contributed by atoms with Crippen LogP contribution >= 0.6 is 15.9 Å². The van der Waals surface area contributed by atoms with E-state index in [4.69, 9.17) is 10.5 Å². The van der Waals surface area contributed by atoms with Gasteiger partial charge >= 0.3 is 0 Å². The summed E-state index contributed by atoms with van der Waals surface area (Å²) in [6.45, 7) is 5.54. The van der Waals surface area contributed by atoms with E-state index in [2.05, 4.69) is 59.9 Å². The van der Waals surface area contributed by atoms with Gasteiger partial charge in [0.05, 0.1) is 6.61 Å². The van der Waals surface area contributed by atoms with Crippen LogP contribution in [0.3, 0.4) is 0 Å². The van der Waals surface area contributed by atoms with Gasteiger partial charge in [0.1, 0.15) is 0 Å². The number of hydrogen-bond donors (Lipinski definition) is 1. The second kappa shape index (κ2) is 7.24. The van der Waals surface area contributed by atoms with Crippen molar-refractivity contribution >= 4 is 15.9 Å². The molecule has 2 N–H and O–H groups in total. The van der Waals surface area contributed by atoms with Crippen LogP contribution in [0.15, 0.2) is 22.7 Å². The van der Waals surface area contributed by atoms with E-state index >= 15 is 0 Å². The summed E-state index contributed by atoms with van der Waals surface area (Å²) in [5, 5.41) is 0. The average Bonchev–Trinajstić information content (AvgIpc) is 2.34. The molecule has 0 amide bonds. The van der Waals surface area contributed by atoms with E-state index < -0.39 is 0 Å². The number of hydrogen-bond acceptors (Lipinski definition) is 3. The zero-order valence-electron chi connectivity index (χ0n) is 11.6. The van der Waals surface area contributed by atoms with Crippen LogP contribution in [-0.2, 0) is 4.74 Å². The molecule has 0 aliphatic heterocycles. The third-order valence-electron chi connectivity index (χ3n) is 3.40. The number of nitrogens with two attached hydrogens (primary N) is 1. The Hall–Kier alpha value is -0.420. The van der Waals surface area contributed by atoms with Gasteiger partial charge in [-0.25, -0.2) is 0 Å². The maximum Gasteiger partial charge on any atom is 0.0615 e. The zero-order valence-corrected chi connectivity index (χ0v) is 13.2. The third-order valence-corrected chi connectivity index (χ3v) is 4.25. The Morgan fingerprint density at radius 2 is 2.11 bits per heavy atom. The molecule has 18 heavy (non-hydrogen) atoms. The Balaban J connectivity index is 2.91. The fourth-order valence-corrected chi connectivity index (χ4v) is 2.42. The van der Waals surface area contributed by atoms with Crippen molar-refractivity contribution in [2.24, 2.45) is 5.73 Å². The SMILES string of the molecule is COCC(C)N(C)C(CN)c1ccc(C)c(Br)c1. The summed E-state index contributed by atoms with van der Waals surface area (Å²) in [7, 11) is 3.82. The fourth-order valence-electron chi connectivity index (χ4n) is 2.02. The van der Waals surface area contributed by atoms with Crippen molar-refractivity contribution in [1.82, 2.24) is 4.90 Å². The Labute approximate surface area is 118 Å². The van der Waals surface area contributed by atoms with Crippen LogP contribution in [0.1, 0.15) is 24.1 Å². The van der Waals surface area contributed by atoms with Crippen molar-refractivity contribution in [2.45, 2.75) is 25.9 Å². The minimum atomic E-state index is 0.215. The number of rotatable bonds is 6. The van der Waals surface area contributed by atoms with Gasteiger partial charge in [-0.15, -0.1) is 0 Å². The normalized spacial score (nSPS) is 14.8. The van der Waals surface area contributed by atoms with Gasteiger partial charge in [-0.1, -0.05) is 28.1 Å². The first-order valence-electron chi connectivity index (χ1n) is 6.18. The maximum absolute atomic E-state index is 5.93. The van der Waals surface area contributed by atoms with Crippen LogP contribution < -0.4 is 5.73 Å². The van der Waals surface area contributed by atoms with Gasteiger partial charge in [-0.3, -0.25) is 4.90 Å². The molecule has 1 aromatic carbocycles. The summed E-state index contributed by atoms with van der Waals surface area (Å²) in [4.78, 5) is 2.26. The number of methoxy groups -OCH3 is 1. The molecule has 0 bridgehead atoms. The van der Waals surface area contributed by atoms with Crippen LogP contribution in [-0.4, -0.2) is 38.3 Å². The molecular weight excluding hydrogens is 292 g/mol. The molecule has 0 spiro atoms. The van der Waals surface area contributed by atoms with Gasteiger partial charge in [-0.2, -0.15) is 0 Å². The lowest BCUT2D eigenvalue weighted by molar-refractivity contribution is 0.0910. The molecule has 0 aromatic heterocycles. The van der Waals surface area contributed by atoms with Crippen molar-refractivity contribution in [3.8, 4) is 0 Å². The smallest absolute Gasteiger partial charge is 0.0615 e. The Kier molecular flexibility index (Phi) is 6.29. The molecule has 0 fully saturated rings. The highest BCUT2D eigenvalue weighted by molar-refractivity contribution is 9.10.